The van der Waals surface area contributed by atoms with E-state index in [0.717, 1.165) is 77.0 Å². The molecule has 2 aromatic carbocycles. The van der Waals surface area contributed by atoms with Gasteiger partial charge in [0, 0.05) is 42.3 Å². The molecular weight excluding hydrogens is 450 g/mol. The number of benzene rings is 2. The van der Waals surface area contributed by atoms with Crippen molar-refractivity contribution in [1.82, 2.24) is 14.5 Å². The van der Waals surface area contributed by atoms with Crippen LogP contribution in [0.4, 0.5) is 5.69 Å². The molecule has 1 aliphatic rings. The van der Waals surface area contributed by atoms with Gasteiger partial charge in [-0.25, -0.2) is 9.98 Å². The van der Waals surface area contributed by atoms with E-state index in [4.69, 9.17) is 32.5 Å². The van der Waals surface area contributed by atoms with Gasteiger partial charge in [-0.2, -0.15) is 0 Å². The molecule has 4 aromatic rings. The molecule has 2 aromatic heterocycles. The molecule has 1 aliphatic heterocycles. The zero-order chi connectivity index (χ0) is 23.7. The van der Waals surface area contributed by atoms with Gasteiger partial charge in [0.05, 0.1) is 35.0 Å². The molecule has 0 saturated carbocycles. The zero-order valence-electron chi connectivity index (χ0n) is 19.0. The number of pyridine rings is 1. The summed E-state index contributed by atoms with van der Waals surface area (Å²) in [6.07, 6.45) is 4.46. The van der Waals surface area contributed by atoms with E-state index in [0.29, 0.717) is 18.2 Å². The van der Waals surface area contributed by atoms with Crippen LogP contribution in [-0.4, -0.2) is 53.0 Å². The highest BCUT2D eigenvalue weighted by molar-refractivity contribution is 6.35. The van der Waals surface area contributed by atoms with Crippen LogP contribution >= 0.6 is 11.6 Å². The number of amidine groups is 1. The summed E-state index contributed by atoms with van der Waals surface area (Å²) in [7, 11) is 0. The third kappa shape index (κ3) is 3.89. The summed E-state index contributed by atoms with van der Waals surface area (Å²) in [5, 5.41) is 8.99. The SMILES string of the molecule is CCCc1nc2c(C(N)=NC=N)cc(N3CCOCC3)cc2n1-c1ccnc2c(Cl)cccc12. The predicted octanol–water partition coefficient (Wildman–Crippen LogP) is 4.33. The maximum atomic E-state index is 7.43. The highest BCUT2D eigenvalue weighted by Gasteiger charge is 2.22. The fraction of sp³-hybridized carbons (Fsp3) is 0.280. The number of nitrogens with one attached hydrogen (secondary N) is 1. The van der Waals surface area contributed by atoms with Crippen LogP contribution < -0.4 is 10.6 Å². The largest absolute Gasteiger partial charge is 0.383 e. The van der Waals surface area contributed by atoms with E-state index < -0.39 is 0 Å². The Bertz CT molecular complexity index is 1410. The van der Waals surface area contributed by atoms with Gasteiger partial charge in [-0.05, 0) is 30.7 Å². The fourth-order valence-electron chi connectivity index (χ4n) is 4.53. The first-order valence-corrected chi connectivity index (χ1v) is 11.7. The van der Waals surface area contributed by atoms with Gasteiger partial charge >= 0.3 is 0 Å². The standard InChI is InChI=1S/C25H26ClN7O/c1-2-4-22-31-24-18(25(28)30-15-27)13-16(32-9-11-34-12-10-32)14-21(24)33(22)20-7-8-29-23-17(20)5-3-6-19(23)26/h3,5-8,13-15H,2,4,9-12H2,1H3,(H3,27,28,30). The topological polar surface area (TPSA) is 105 Å². The molecule has 0 atom stereocenters. The molecule has 3 heterocycles. The lowest BCUT2D eigenvalue weighted by Gasteiger charge is -2.29. The number of aryl methyl sites for hydroxylation is 1. The van der Waals surface area contributed by atoms with E-state index in [-0.39, 0.29) is 5.84 Å². The highest BCUT2D eigenvalue weighted by Crippen LogP contribution is 2.34. The van der Waals surface area contributed by atoms with Crippen molar-refractivity contribution in [2.24, 2.45) is 10.7 Å². The van der Waals surface area contributed by atoms with Crippen LogP contribution in [0.1, 0.15) is 24.7 Å². The number of aromatic nitrogens is 3. The molecule has 0 bridgehead atoms. The van der Waals surface area contributed by atoms with Crippen LogP contribution in [0.2, 0.25) is 5.02 Å². The molecule has 3 N–H and O–H groups in total. The summed E-state index contributed by atoms with van der Waals surface area (Å²) in [5.74, 6) is 1.19. The number of para-hydroxylation sites is 1. The molecule has 34 heavy (non-hydrogen) atoms. The Balaban J connectivity index is 1.85. The van der Waals surface area contributed by atoms with E-state index in [1.165, 1.54) is 0 Å². The van der Waals surface area contributed by atoms with E-state index in [1.54, 1.807) is 6.20 Å². The Morgan fingerprint density at radius 1 is 1.24 bits per heavy atom. The second-order valence-corrected chi connectivity index (χ2v) is 8.59. The van der Waals surface area contributed by atoms with Gasteiger partial charge in [0.1, 0.15) is 23.5 Å². The van der Waals surface area contributed by atoms with Crippen molar-refractivity contribution < 1.29 is 4.74 Å². The smallest absolute Gasteiger partial charge is 0.134 e. The molecule has 0 spiro atoms. The molecule has 5 rings (SSSR count). The summed E-state index contributed by atoms with van der Waals surface area (Å²) in [6, 6.07) is 12.0. The van der Waals surface area contributed by atoms with Crippen LogP contribution in [0.3, 0.4) is 0 Å². The number of nitrogens with zero attached hydrogens (tertiary/aromatic N) is 5. The fourth-order valence-corrected chi connectivity index (χ4v) is 4.75. The van der Waals surface area contributed by atoms with E-state index in [2.05, 4.69) is 32.4 Å². The third-order valence-electron chi connectivity index (χ3n) is 6.08. The van der Waals surface area contributed by atoms with Crippen LogP contribution in [0.5, 0.6) is 0 Å². The molecule has 0 unspecified atom stereocenters. The predicted molar refractivity (Wildman–Crippen MR) is 138 cm³/mol. The van der Waals surface area contributed by atoms with Crippen molar-refractivity contribution >= 4 is 51.4 Å². The first kappa shape index (κ1) is 22.3. The number of hydrogen-bond acceptors (Lipinski definition) is 5. The summed E-state index contributed by atoms with van der Waals surface area (Å²) < 4.78 is 7.74. The first-order chi connectivity index (χ1) is 16.6. The number of imidazole rings is 1. The molecule has 9 heteroatoms. The molecule has 8 nitrogen and oxygen atoms in total. The highest BCUT2D eigenvalue weighted by atomic mass is 35.5. The average molecular weight is 476 g/mol. The molecule has 0 aliphatic carbocycles. The number of morpholine rings is 1. The van der Waals surface area contributed by atoms with Gasteiger partial charge in [0.25, 0.3) is 0 Å². The van der Waals surface area contributed by atoms with Gasteiger partial charge in [0.2, 0.25) is 0 Å². The average Bonchev–Trinajstić information content (AvgIpc) is 3.22. The molecule has 0 radical (unpaired) electrons. The molecule has 1 fully saturated rings. The van der Waals surface area contributed by atoms with Crippen LogP contribution in [0.25, 0.3) is 27.6 Å². The van der Waals surface area contributed by atoms with Gasteiger partial charge in [-0.1, -0.05) is 30.7 Å². The maximum Gasteiger partial charge on any atom is 0.134 e. The van der Waals surface area contributed by atoms with Gasteiger partial charge in [-0.15, -0.1) is 0 Å². The Morgan fingerprint density at radius 2 is 2.06 bits per heavy atom. The normalized spacial score (nSPS) is 14.8. The second kappa shape index (κ2) is 9.40. The molecular formula is C25H26ClN7O. The Labute approximate surface area is 202 Å². The molecule has 0 amide bonds. The lowest BCUT2D eigenvalue weighted by Crippen LogP contribution is -2.36. The summed E-state index contributed by atoms with van der Waals surface area (Å²) in [5.41, 5.74) is 11.5. The van der Waals surface area contributed by atoms with Crippen molar-refractivity contribution in [3.63, 3.8) is 0 Å². The Morgan fingerprint density at radius 3 is 2.82 bits per heavy atom. The van der Waals surface area contributed by atoms with Crippen molar-refractivity contribution in [3.8, 4) is 5.69 Å². The minimum atomic E-state index is 0.269. The lowest BCUT2D eigenvalue weighted by atomic mass is 10.1. The zero-order valence-corrected chi connectivity index (χ0v) is 19.7. The number of hydrogen-bond donors (Lipinski definition) is 2. The summed E-state index contributed by atoms with van der Waals surface area (Å²) in [4.78, 5) is 15.9. The number of rotatable bonds is 6. The van der Waals surface area contributed by atoms with Gasteiger partial charge in [-0.3, -0.25) is 15.0 Å². The number of anilines is 1. The second-order valence-electron chi connectivity index (χ2n) is 8.18. The monoisotopic (exact) mass is 475 g/mol. The molecule has 174 valence electrons. The quantitative estimate of drug-likeness (QED) is 0.319. The molecule has 1 saturated heterocycles. The summed E-state index contributed by atoms with van der Waals surface area (Å²) >= 11 is 6.48. The minimum Gasteiger partial charge on any atom is -0.383 e. The van der Waals surface area contributed by atoms with Crippen molar-refractivity contribution in [2.75, 3.05) is 31.2 Å². The maximum absolute atomic E-state index is 7.43. The Hall–Kier alpha value is -3.49. The van der Waals surface area contributed by atoms with E-state index >= 15 is 0 Å². The minimum absolute atomic E-state index is 0.269. The van der Waals surface area contributed by atoms with Crippen LogP contribution in [-0.2, 0) is 11.2 Å². The first-order valence-electron chi connectivity index (χ1n) is 11.4. The van der Waals surface area contributed by atoms with Crippen LogP contribution in [0, 0.1) is 5.41 Å². The van der Waals surface area contributed by atoms with E-state index in [1.807, 2.05) is 30.3 Å². The lowest BCUT2D eigenvalue weighted by molar-refractivity contribution is 0.122. The number of nitrogens with two attached hydrogens (primary N) is 1. The van der Waals surface area contributed by atoms with Crippen molar-refractivity contribution in [3.05, 3.63) is 59.0 Å². The van der Waals surface area contributed by atoms with Crippen LogP contribution in [0.15, 0.2) is 47.6 Å². The number of halogens is 1. The van der Waals surface area contributed by atoms with Gasteiger partial charge < -0.3 is 15.4 Å². The van der Waals surface area contributed by atoms with Gasteiger partial charge in [0.15, 0.2) is 0 Å². The van der Waals surface area contributed by atoms with Crippen molar-refractivity contribution in [1.29, 1.82) is 5.41 Å². The van der Waals surface area contributed by atoms with Crippen molar-refractivity contribution in [2.45, 2.75) is 19.8 Å². The number of fused-ring (bicyclic) bond motifs is 2. The van der Waals surface area contributed by atoms with E-state index in [9.17, 15) is 0 Å². The Kier molecular flexibility index (Phi) is 6.17. The number of aliphatic imine (C=N–C) groups is 1. The third-order valence-corrected chi connectivity index (χ3v) is 6.39. The number of ether oxygens (including phenoxy) is 1. The summed E-state index contributed by atoms with van der Waals surface area (Å²) in [6.45, 7) is 5.05.